The number of para-hydroxylation sites is 1. The number of fused-ring (bicyclic) bond motifs is 2. The number of aliphatic imine (C=N–C) groups is 1. The van der Waals surface area contributed by atoms with E-state index in [9.17, 15) is 0 Å². The van der Waals surface area contributed by atoms with Crippen LogP contribution in [0.2, 0.25) is 0 Å². The molecule has 128 valence electrons. The highest BCUT2D eigenvalue weighted by Gasteiger charge is 2.22. The monoisotopic (exact) mass is 439 g/mol. The maximum atomic E-state index is 6.16. The van der Waals surface area contributed by atoms with Crippen molar-refractivity contribution in [2.24, 2.45) is 10.7 Å². The number of benzene rings is 1. The highest BCUT2D eigenvalue weighted by atomic mass is 127. The molecule has 2 atom stereocenters. The Balaban J connectivity index is 0.00000169. The van der Waals surface area contributed by atoms with Crippen molar-refractivity contribution in [2.75, 3.05) is 6.61 Å². The fourth-order valence-electron chi connectivity index (χ4n) is 3.35. The van der Waals surface area contributed by atoms with E-state index in [-0.39, 0.29) is 30.0 Å². The number of nitrogens with zero attached hydrogens (tertiary/aromatic N) is 3. The zero-order valence-electron chi connectivity index (χ0n) is 13.4. The van der Waals surface area contributed by atoms with E-state index in [0.29, 0.717) is 18.6 Å². The number of aryl methyl sites for hydroxylation is 1. The number of nitrogens with two attached hydrogens (primary N) is 1. The Labute approximate surface area is 158 Å². The molecule has 0 radical (unpaired) electrons. The van der Waals surface area contributed by atoms with Gasteiger partial charge in [0.1, 0.15) is 11.6 Å². The van der Waals surface area contributed by atoms with Crippen LogP contribution in [0.15, 0.2) is 41.7 Å². The summed E-state index contributed by atoms with van der Waals surface area (Å²) in [6.45, 7) is 1.65. The Morgan fingerprint density at radius 2 is 2.21 bits per heavy atom. The number of imidazole rings is 1. The molecule has 0 saturated heterocycles. The number of hydrogen-bond acceptors (Lipinski definition) is 3. The largest absolute Gasteiger partial charge is 0.493 e. The van der Waals surface area contributed by atoms with Gasteiger partial charge < -0.3 is 20.4 Å². The maximum Gasteiger partial charge on any atom is 0.189 e. The molecule has 0 fully saturated rings. The summed E-state index contributed by atoms with van der Waals surface area (Å²) in [5.41, 5.74) is 7.27. The van der Waals surface area contributed by atoms with Gasteiger partial charge in [-0.25, -0.2) is 9.98 Å². The highest BCUT2D eigenvalue weighted by molar-refractivity contribution is 14.0. The van der Waals surface area contributed by atoms with Crippen molar-refractivity contribution >= 4 is 29.9 Å². The molecule has 1 aromatic heterocycles. The number of halogens is 1. The molecule has 0 saturated carbocycles. The van der Waals surface area contributed by atoms with E-state index in [4.69, 9.17) is 15.5 Å². The fourth-order valence-corrected chi connectivity index (χ4v) is 3.35. The predicted molar refractivity (Wildman–Crippen MR) is 104 cm³/mol. The van der Waals surface area contributed by atoms with Gasteiger partial charge in [-0.2, -0.15) is 0 Å². The van der Waals surface area contributed by atoms with Gasteiger partial charge >= 0.3 is 0 Å². The van der Waals surface area contributed by atoms with Gasteiger partial charge in [0.25, 0.3) is 0 Å². The molecule has 0 bridgehead atoms. The molecule has 2 aromatic rings. The van der Waals surface area contributed by atoms with Gasteiger partial charge in [0.2, 0.25) is 0 Å². The van der Waals surface area contributed by atoms with Crippen LogP contribution >= 0.6 is 24.0 Å². The molecule has 4 rings (SSSR count). The maximum absolute atomic E-state index is 6.16. The molecule has 2 aliphatic rings. The van der Waals surface area contributed by atoms with Crippen LogP contribution in [0.1, 0.15) is 30.3 Å². The lowest BCUT2D eigenvalue weighted by atomic mass is 10.0. The first-order valence-corrected chi connectivity index (χ1v) is 8.11. The van der Waals surface area contributed by atoms with Gasteiger partial charge in [0.15, 0.2) is 5.96 Å². The first-order valence-electron chi connectivity index (χ1n) is 8.11. The third-order valence-electron chi connectivity index (χ3n) is 4.52. The van der Waals surface area contributed by atoms with Crippen LogP contribution in [-0.2, 0) is 13.0 Å². The number of rotatable bonds is 2. The molecule has 24 heavy (non-hydrogen) atoms. The van der Waals surface area contributed by atoms with E-state index < -0.39 is 0 Å². The number of hydrogen-bond donors (Lipinski definition) is 2. The minimum Gasteiger partial charge on any atom is -0.493 e. The average molecular weight is 439 g/mol. The lowest BCUT2D eigenvalue weighted by Gasteiger charge is -2.26. The Kier molecular flexibility index (Phi) is 5.27. The summed E-state index contributed by atoms with van der Waals surface area (Å²) in [5, 5.41) is 3.36. The van der Waals surface area contributed by atoms with E-state index in [0.717, 1.165) is 42.9 Å². The molecule has 0 spiro atoms. The van der Waals surface area contributed by atoms with Crippen LogP contribution < -0.4 is 15.8 Å². The quantitative estimate of drug-likeness (QED) is 0.428. The van der Waals surface area contributed by atoms with Crippen molar-refractivity contribution in [1.82, 2.24) is 14.9 Å². The number of nitrogens with one attached hydrogen (secondary N) is 1. The lowest BCUT2D eigenvalue weighted by molar-refractivity contribution is 0.269. The molecule has 7 heteroatoms. The van der Waals surface area contributed by atoms with Crippen molar-refractivity contribution in [2.45, 2.75) is 37.9 Å². The second kappa shape index (κ2) is 7.42. The minimum atomic E-state index is 0. The van der Waals surface area contributed by atoms with Crippen LogP contribution in [0.3, 0.4) is 0 Å². The van der Waals surface area contributed by atoms with Gasteiger partial charge in [-0.1, -0.05) is 18.2 Å². The van der Waals surface area contributed by atoms with Gasteiger partial charge in [0.05, 0.1) is 12.6 Å². The topological polar surface area (TPSA) is 77.5 Å². The third-order valence-corrected chi connectivity index (χ3v) is 4.52. The summed E-state index contributed by atoms with van der Waals surface area (Å²) >= 11 is 0. The summed E-state index contributed by atoms with van der Waals surface area (Å²) in [4.78, 5) is 9.08. The van der Waals surface area contributed by atoms with Crippen molar-refractivity contribution in [3.63, 3.8) is 0 Å². The van der Waals surface area contributed by atoms with Crippen LogP contribution in [0.4, 0.5) is 0 Å². The Bertz CT molecular complexity index is 729. The van der Waals surface area contributed by atoms with E-state index in [1.807, 2.05) is 30.6 Å². The first kappa shape index (κ1) is 17.1. The fraction of sp³-hybridized carbons (Fsp3) is 0.412. The summed E-state index contributed by atoms with van der Waals surface area (Å²) in [7, 11) is 0. The number of aromatic nitrogens is 2. The average Bonchev–Trinajstić information content (AvgIpc) is 3.03. The first-order chi connectivity index (χ1) is 11.3. The molecule has 3 heterocycles. The van der Waals surface area contributed by atoms with E-state index in [1.54, 1.807) is 0 Å². The summed E-state index contributed by atoms with van der Waals surface area (Å²) < 4.78 is 7.87. The smallest absolute Gasteiger partial charge is 0.189 e. The Morgan fingerprint density at radius 1 is 1.33 bits per heavy atom. The number of ether oxygens (including phenoxy) is 1. The van der Waals surface area contributed by atoms with E-state index in [2.05, 4.69) is 20.9 Å². The van der Waals surface area contributed by atoms with Crippen molar-refractivity contribution in [3.05, 3.63) is 48.0 Å². The Morgan fingerprint density at radius 3 is 3.12 bits per heavy atom. The second-order valence-corrected chi connectivity index (χ2v) is 6.08. The minimum absolute atomic E-state index is 0. The van der Waals surface area contributed by atoms with Gasteiger partial charge in [0, 0.05) is 43.4 Å². The van der Waals surface area contributed by atoms with Crippen molar-refractivity contribution in [3.8, 4) is 5.75 Å². The predicted octanol–water partition coefficient (Wildman–Crippen LogP) is 2.24. The van der Waals surface area contributed by atoms with Crippen LogP contribution in [-0.4, -0.2) is 28.2 Å². The normalized spacial score (nSPS) is 22.6. The van der Waals surface area contributed by atoms with Gasteiger partial charge in [-0.15, -0.1) is 24.0 Å². The second-order valence-electron chi connectivity index (χ2n) is 6.08. The molecule has 1 aromatic carbocycles. The number of guanidine groups is 1. The molecular weight excluding hydrogens is 417 g/mol. The Hall–Kier alpha value is -1.77. The van der Waals surface area contributed by atoms with Crippen molar-refractivity contribution in [1.29, 1.82) is 0 Å². The zero-order valence-corrected chi connectivity index (χ0v) is 15.7. The molecule has 6 nitrogen and oxygen atoms in total. The molecular formula is C17H22IN5O. The highest BCUT2D eigenvalue weighted by Crippen LogP contribution is 2.34. The lowest BCUT2D eigenvalue weighted by Crippen LogP contribution is -2.44. The van der Waals surface area contributed by atoms with Crippen molar-refractivity contribution < 1.29 is 4.74 Å². The molecule has 0 aliphatic carbocycles. The molecule has 2 unspecified atom stereocenters. The molecule has 0 amide bonds. The summed E-state index contributed by atoms with van der Waals surface area (Å²) in [6.07, 6.45) is 6.65. The summed E-state index contributed by atoms with van der Waals surface area (Å²) in [6, 6.07) is 8.41. The summed E-state index contributed by atoms with van der Waals surface area (Å²) in [5.74, 6) is 2.54. The zero-order chi connectivity index (χ0) is 15.6. The SMILES string of the molecule is I.NC(=NC1CCOc2ccccc21)NC1CCn2ccnc2C1. The van der Waals surface area contributed by atoms with Crippen LogP contribution in [0.5, 0.6) is 5.75 Å². The standard InChI is InChI=1S/C17H21N5O.HI/c18-17(20-12-5-8-22-9-7-19-16(22)11-12)21-14-6-10-23-15-4-2-1-3-13(14)15;/h1-4,7,9,12,14H,5-6,8,10-11H2,(H3,18,20,21);1H. The van der Waals surface area contributed by atoms with Crippen LogP contribution in [0.25, 0.3) is 0 Å². The molecule has 2 aliphatic heterocycles. The van der Waals surface area contributed by atoms with Gasteiger partial charge in [-0.3, -0.25) is 0 Å². The third kappa shape index (κ3) is 3.50. The molecule has 3 N–H and O–H groups in total. The van der Waals surface area contributed by atoms with E-state index in [1.165, 1.54) is 0 Å². The van der Waals surface area contributed by atoms with Crippen LogP contribution in [0, 0.1) is 0 Å². The van der Waals surface area contributed by atoms with Gasteiger partial charge in [-0.05, 0) is 12.5 Å². The van der Waals surface area contributed by atoms with E-state index >= 15 is 0 Å².